The highest BCUT2D eigenvalue weighted by Gasteiger charge is 2.29. The average molecular weight is 330 g/mol. The molecule has 2 aromatic heterocycles. The second kappa shape index (κ2) is 5.88. The van der Waals surface area contributed by atoms with Crippen LogP contribution in [-0.2, 0) is 0 Å². The van der Waals surface area contributed by atoms with Crippen molar-refractivity contribution in [2.45, 2.75) is 27.7 Å². The minimum absolute atomic E-state index is 0.760. The van der Waals surface area contributed by atoms with Crippen molar-refractivity contribution < 1.29 is 0 Å². The highest BCUT2D eigenvalue weighted by molar-refractivity contribution is 5.87. The topological polar surface area (TPSA) is 32.3 Å². The molecule has 4 rings (SSSR count). The zero-order chi connectivity index (χ0) is 17.6. The Hall–Kier alpha value is -2.88. The monoisotopic (exact) mass is 330 g/mol. The standard InChI is InChI=1S/C21H22N4/c1-14-9-11-18(16(3)22-14)24-13-25(21-8-6-5-7-20(21)24)19-12-10-15(2)23-17(19)4/h5-12H,13H2,1-4H3. The van der Waals surface area contributed by atoms with Crippen LogP contribution in [0, 0.1) is 27.7 Å². The van der Waals surface area contributed by atoms with Crippen LogP contribution in [0.3, 0.4) is 0 Å². The molecule has 3 heterocycles. The fourth-order valence-electron chi connectivity index (χ4n) is 3.56. The zero-order valence-corrected chi connectivity index (χ0v) is 15.1. The predicted molar refractivity (Wildman–Crippen MR) is 103 cm³/mol. The minimum atomic E-state index is 0.760. The number of pyridine rings is 2. The van der Waals surface area contributed by atoms with Crippen LogP contribution in [0.5, 0.6) is 0 Å². The number of rotatable bonds is 2. The SMILES string of the molecule is Cc1ccc(N2CN(c3ccc(C)nc3C)c3ccccc32)c(C)n1. The first kappa shape index (κ1) is 15.6. The number of hydrogen-bond acceptors (Lipinski definition) is 4. The Bertz CT molecular complexity index is 872. The summed E-state index contributed by atoms with van der Waals surface area (Å²) in [5, 5.41) is 0. The van der Waals surface area contributed by atoms with Gasteiger partial charge in [0, 0.05) is 11.4 Å². The molecule has 0 amide bonds. The minimum Gasteiger partial charge on any atom is -0.319 e. The first-order valence-corrected chi connectivity index (χ1v) is 8.57. The third kappa shape index (κ3) is 2.64. The summed E-state index contributed by atoms with van der Waals surface area (Å²) in [6.45, 7) is 8.97. The quantitative estimate of drug-likeness (QED) is 0.665. The van der Waals surface area contributed by atoms with Crippen LogP contribution < -0.4 is 9.80 Å². The van der Waals surface area contributed by atoms with Crippen molar-refractivity contribution in [2.75, 3.05) is 16.5 Å². The molecule has 0 bridgehead atoms. The number of para-hydroxylation sites is 2. The van der Waals surface area contributed by atoms with Gasteiger partial charge in [0.2, 0.25) is 0 Å². The fraction of sp³-hybridized carbons (Fsp3) is 0.238. The van der Waals surface area contributed by atoms with Gasteiger partial charge in [0.1, 0.15) is 6.67 Å². The summed E-state index contributed by atoms with van der Waals surface area (Å²) >= 11 is 0. The normalized spacial score (nSPS) is 13.3. The third-order valence-corrected chi connectivity index (χ3v) is 4.72. The van der Waals surface area contributed by atoms with Gasteiger partial charge in [0.15, 0.2) is 0 Å². The lowest BCUT2D eigenvalue weighted by Crippen LogP contribution is -2.25. The van der Waals surface area contributed by atoms with Gasteiger partial charge in [-0.15, -0.1) is 0 Å². The van der Waals surface area contributed by atoms with Crippen molar-refractivity contribution in [1.29, 1.82) is 0 Å². The second-order valence-electron chi connectivity index (χ2n) is 6.60. The van der Waals surface area contributed by atoms with Crippen molar-refractivity contribution >= 4 is 22.7 Å². The van der Waals surface area contributed by atoms with Crippen molar-refractivity contribution in [3.63, 3.8) is 0 Å². The van der Waals surface area contributed by atoms with E-state index in [4.69, 9.17) is 0 Å². The Labute approximate surface area is 148 Å². The van der Waals surface area contributed by atoms with E-state index in [0.717, 1.165) is 40.8 Å². The molecule has 4 nitrogen and oxygen atoms in total. The number of aromatic nitrogens is 2. The van der Waals surface area contributed by atoms with E-state index in [1.807, 2.05) is 13.8 Å². The van der Waals surface area contributed by atoms with Crippen LogP contribution in [0.15, 0.2) is 48.5 Å². The van der Waals surface area contributed by atoms with Gasteiger partial charge in [-0.1, -0.05) is 12.1 Å². The van der Waals surface area contributed by atoms with E-state index >= 15 is 0 Å². The lowest BCUT2D eigenvalue weighted by molar-refractivity contribution is 0.955. The molecule has 3 aromatic rings. The van der Waals surface area contributed by atoms with Crippen molar-refractivity contribution in [2.24, 2.45) is 0 Å². The van der Waals surface area contributed by atoms with Gasteiger partial charge in [-0.25, -0.2) is 0 Å². The van der Waals surface area contributed by atoms with Gasteiger partial charge < -0.3 is 9.80 Å². The first-order chi connectivity index (χ1) is 12.0. The maximum Gasteiger partial charge on any atom is 0.100 e. The van der Waals surface area contributed by atoms with Crippen LogP contribution in [0.25, 0.3) is 0 Å². The van der Waals surface area contributed by atoms with Crippen molar-refractivity contribution in [3.8, 4) is 0 Å². The van der Waals surface area contributed by atoms with Crippen LogP contribution >= 0.6 is 0 Å². The van der Waals surface area contributed by atoms with Gasteiger partial charge in [-0.3, -0.25) is 9.97 Å². The number of hydrogen-bond donors (Lipinski definition) is 0. The zero-order valence-electron chi connectivity index (χ0n) is 15.1. The fourth-order valence-corrected chi connectivity index (χ4v) is 3.56. The van der Waals surface area contributed by atoms with Gasteiger partial charge in [-0.05, 0) is 64.1 Å². The molecular formula is C21H22N4. The largest absolute Gasteiger partial charge is 0.319 e. The van der Waals surface area contributed by atoms with Crippen molar-refractivity contribution in [1.82, 2.24) is 9.97 Å². The molecule has 0 fully saturated rings. The lowest BCUT2D eigenvalue weighted by Gasteiger charge is -2.24. The molecule has 4 heteroatoms. The summed E-state index contributed by atoms with van der Waals surface area (Å²) in [6.07, 6.45) is 0. The van der Waals surface area contributed by atoms with E-state index < -0.39 is 0 Å². The van der Waals surface area contributed by atoms with E-state index in [-0.39, 0.29) is 0 Å². The molecule has 0 atom stereocenters. The molecule has 0 spiro atoms. The Kier molecular flexibility index (Phi) is 3.68. The number of aryl methyl sites for hydroxylation is 4. The van der Waals surface area contributed by atoms with E-state index in [0.29, 0.717) is 0 Å². The van der Waals surface area contributed by atoms with Crippen LogP contribution in [-0.4, -0.2) is 16.6 Å². The number of anilines is 4. The molecule has 1 aromatic carbocycles. The average Bonchev–Trinajstić information content (AvgIpc) is 2.94. The maximum absolute atomic E-state index is 4.65. The maximum atomic E-state index is 4.65. The Morgan fingerprint density at radius 2 is 1.04 bits per heavy atom. The summed E-state index contributed by atoms with van der Waals surface area (Å²) in [7, 11) is 0. The molecule has 0 unspecified atom stereocenters. The molecular weight excluding hydrogens is 308 g/mol. The number of fused-ring (bicyclic) bond motifs is 1. The molecule has 0 radical (unpaired) electrons. The molecule has 0 saturated carbocycles. The number of nitrogens with zero attached hydrogens (tertiary/aromatic N) is 4. The van der Waals surface area contributed by atoms with E-state index in [1.165, 1.54) is 11.4 Å². The van der Waals surface area contributed by atoms with Gasteiger partial charge >= 0.3 is 0 Å². The predicted octanol–water partition coefficient (Wildman–Crippen LogP) is 4.96. The van der Waals surface area contributed by atoms with E-state index in [1.54, 1.807) is 0 Å². The van der Waals surface area contributed by atoms with Gasteiger partial charge in [-0.2, -0.15) is 0 Å². The highest BCUT2D eigenvalue weighted by Crippen LogP contribution is 2.45. The number of benzene rings is 1. The Morgan fingerprint density at radius 1 is 0.600 bits per heavy atom. The molecule has 1 aliphatic heterocycles. The van der Waals surface area contributed by atoms with Crippen molar-refractivity contribution in [3.05, 3.63) is 71.3 Å². The highest BCUT2D eigenvalue weighted by atomic mass is 15.4. The Morgan fingerprint density at radius 3 is 1.44 bits per heavy atom. The first-order valence-electron chi connectivity index (χ1n) is 8.57. The Balaban J connectivity index is 1.82. The molecule has 25 heavy (non-hydrogen) atoms. The molecule has 1 aliphatic rings. The second-order valence-corrected chi connectivity index (χ2v) is 6.60. The lowest BCUT2D eigenvalue weighted by atomic mass is 10.2. The molecule has 0 N–H and O–H groups in total. The molecule has 0 aliphatic carbocycles. The summed E-state index contributed by atoms with van der Waals surface area (Å²) in [6, 6.07) is 17.0. The molecule has 126 valence electrons. The van der Waals surface area contributed by atoms with Crippen LogP contribution in [0.2, 0.25) is 0 Å². The van der Waals surface area contributed by atoms with E-state index in [9.17, 15) is 0 Å². The summed E-state index contributed by atoms with van der Waals surface area (Å²) in [5.74, 6) is 0. The van der Waals surface area contributed by atoms with E-state index in [2.05, 4.69) is 82.1 Å². The third-order valence-electron chi connectivity index (χ3n) is 4.72. The molecule has 0 saturated heterocycles. The summed E-state index contributed by atoms with van der Waals surface area (Å²) < 4.78 is 0. The summed E-state index contributed by atoms with van der Waals surface area (Å²) in [4.78, 5) is 14.0. The van der Waals surface area contributed by atoms with Gasteiger partial charge in [0.25, 0.3) is 0 Å². The van der Waals surface area contributed by atoms with Crippen LogP contribution in [0.4, 0.5) is 22.7 Å². The van der Waals surface area contributed by atoms with Crippen LogP contribution in [0.1, 0.15) is 22.8 Å². The van der Waals surface area contributed by atoms with Gasteiger partial charge in [0.05, 0.1) is 34.1 Å². The smallest absolute Gasteiger partial charge is 0.100 e. The summed E-state index contributed by atoms with van der Waals surface area (Å²) in [5.41, 5.74) is 8.91.